The van der Waals surface area contributed by atoms with E-state index in [0.29, 0.717) is 12.0 Å². The molecule has 1 aromatic heterocycles. The minimum absolute atomic E-state index is 0.237. The molecule has 0 aliphatic rings. The van der Waals surface area contributed by atoms with Gasteiger partial charge in [0.25, 0.3) is 0 Å². The minimum Gasteiger partial charge on any atom is -0.366 e. The van der Waals surface area contributed by atoms with E-state index in [2.05, 4.69) is 4.98 Å². The van der Waals surface area contributed by atoms with E-state index in [1.165, 1.54) is 12.1 Å². The van der Waals surface area contributed by atoms with E-state index in [4.69, 9.17) is 5.73 Å². The van der Waals surface area contributed by atoms with Gasteiger partial charge < -0.3 is 5.73 Å². The van der Waals surface area contributed by atoms with Crippen LogP contribution in [-0.4, -0.2) is 10.9 Å². The van der Waals surface area contributed by atoms with Crippen molar-refractivity contribution in [1.29, 1.82) is 0 Å². The van der Waals surface area contributed by atoms with Crippen LogP contribution in [0.1, 0.15) is 32.2 Å². The van der Waals surface area contributed by atoms with E-state index in [9.17, 15) is 9.18 Å². The molecule has 0 aliphatic carbocycles. The van der Waals surface area contributed by atoms with Crippen LogP contribution in [-0.2, 0) is 6.42 Å². The third-order valence-corrected chi connectivity index (χ3v) is 5.05. The number of amides is 1. The van der Waals surface area contributed by atoms with Gasteiger partial charge in [0.1, 0.15) is 5.82 Å². The van der Waals surface area contributed by atoms with Crippen molar-refractivity contribution in [2.75, 3.05) is 0 Å². The van der Waals surface area contributed by atoms with E-state index in [1.807, 2.05) is 32.0 Å². The molecule has 24 heavy (non-hydrogen) atoms. The summed E-state index contributed by atoms with van der Waals surface area (Å²) in [6.07, 6.45) is 0.599. The van der Waals surface area contributed by atoms with E-state index in [0.717, 1.165) is 32.3 Å². The van der Waals surface area contributed by atoms with Crippen LogP contribution >= 0.6 is 11.3 Å². The fourth-order valence-corrected chi connectivity index (χ4v) is 3.79. The largest absolute Gasteiger partial charge is 0.366 e. The van der Waals surface area contributed by atoms with Crippen LogP contribution in [0.5, 0.6) is 0 Å². The Kier molecular flexibility index (Phi) is 4.44. The predicted octanol–water partition coefficient (Wildman–Crippen LogP) is 4.26. The van der Waals surface area contributed by atoms with Gasteiger partial charge in [-0.05, 0) is 54.8 Å². The molecule has 3 rings (SSSR count). The first-order valence-corrected chi connectivity index (χ1v) is 8.37. The molecule has 0 aliphatic heterocycles. The van der Waals surface area contributed by atoms with E-state index in [-0.39, 0.29) is 5.82 Å². The first kappa shape index (κ1) is 16.3. The van der Waals surface area contributed by atoms with Crippen molar-refractivity contribution < 1.29 is 9.18 Å². The monoisotopic (exact) mass is 340 g/mol. The number of nitrogens with zero attached hydrogens (tertiary/aromatic N) is 1. The lowest BCUT2D eigenvalue weighted by atomic mass is 10.0. The van der Waals surface area contributed by atoms with Gasteiger partial charge in [-0.3, -0.25) is 4.79 Å². The summed E-state index contributed by atoms with van der Waals surface area (Å²) in [7, 11) is 0. The van der Waals surface area contributed by atoms with E-state index in [1.54, 1.807) is 23.5 Å². The highest BCUT2D eigenvalue weighted by Gasteiger charge is 2.13. The predicted molar refractivity (Wildman–Crippen MR) is 94.7 cm³/mol. The summed E-state index contributed by atoms with van der Waals surface area (Å²) in [5, 5.41) is 0.935. The Hall–Kier alpha value is -2.53. The summed E-state index contributed by atoms with van der Waals surface area (Å²) < 4.78 is 13.3. The maximum absolute atomic E-state index is 13.3. The smallest absolute Gasteiger partial charge is 0.248 e. The molecular weight excluding hydrogens is 323 g/mol. The highest BCUT2D eigenvalue weighted by Crippen LogP contribution is 2.32. The second kappa shape index (κ2) is 6.53. The summed E-state index contributed by atoms with van der Waals surface area (Å²) in [5.74, 6) is -0.662. The molecule has 2 aromatic carbocycles. The Morgan fingerprint density at radius 1 is 1.21 bits per heavy atom. The zero-order chi connectivity index (χ0) is 17.3. The van der Waals surface area contributed by atoms with Gasteiger partial charge in [0, 0.05) is 12.0 Å². The Labute approximate surface area is 144 Å². The molecule has 2 N–H and O–H groups in total. The summed E-state index contributed by atoms with van der Waals surface area (Å²) in [5.41, 5.74) is 9.57. The van der Waals surface area contributed by atoms with E-state index >= 15 is 0 Å². The van der Waals surface area contributed by atoms with Crippen LogP contribution in [0.2, 0.25) is 0 Å². The third-order valence-electron chi connectivity index (χ3n) is 3.84. The van der Waals surface area contributed by atoms with Crippen molar-refractivity contribution in [3.8, 4) is 10.4 Å². The number of nitrogens with two attached hydrogens (primary N) is 1. The number of aryl methyl sites for hydroxylation is 2. The van der Waals surface area contributed by atoms with Crippen molar-refractivity contribution in [2.45, 2.75) is 20.3 Å². The maximum atomic E-state index is 13.3. The van der Waals surface area contributed by atoms with Crippen molar-refractivity contribution in [1.82, 2.24) is 4.98 Å². The van der Waals surface area contributed by atoms with Crippen LogP contribution in [0.15, 0.2) is 42.5 Å². The van der Waals surface area contributed by atoms with Gasteiger partial charge in [-0.15, -0.1) is 11.3 Å². The highest BCUT2D eigenvalue weighted by atomic mass is 32.1. The Balaban J connectivity index is 1.92. The lowest BCUT2D eigenvalue weighted by Crippen LogP contribution is -2.12. The Morgan fingerprint density at radius 2 is 2.00 bits per heavy atom. The van der Waals surface area contributed by atoms with E-state index < -0.39 is 5.91 Å². The molecule has 1 amide bonds. The number of rotatable bonds is 4. The summed E-state index contributed by atoms with van der Waals surface area (Å²) in [4.78, 5) is 17.0. The number of thiazole rings is 1. The quantitative estimate of drug-likeness (QED) is 0.772. The van der Waals surface area contributed by atoms with Crippen molar-refractivity contribution >= 4 is 17.2 Å². The third kappa shape index (κ3) is 3.36. The lowest BCUT2D eigenvalue weighted by molar-refractivity contribution is 0.0999. The Bertz CT molecular complexity index is 917. The van der Waals surface area contributed by atoms with Gasteiger partial charge >= 0.3 is 0 Å². The molecule has 0 fully saturated rings. The van der Waals surface area contributed by atoms with Crippen LogP contribution in [0.3, 0.4) is 0 Å². The van der Waals surface area contributed by atoms with Gasteiger partial charge in [-0.1, -0.05) is 18.2 Å². The molecule has 0 bridgehead atoms. The number of primary amides is 1. The molecular formula is C19H17FN2OS. The molecule has 5 heteroatoms. The standard InChI is InChI=1S/C19H17FN2OS/c1-11-8-14(6-7-16(11)19(21)23)18-12(2)22-17(24-18)10-13-4-3-5-15(20)9-13/h3-9H,10H2,1-2H3,(H2,21,23). The zero-order valence-electron chi connectivity index (χ0n) is 13.5. The number of hydrogen-bond donors (Lipinski definition) is 1. The fourth-order valence-electron chi connectivity index (χ4n) is 2.70. The average Bonchev–Trinajstić information content (AvgIpc) is 2.87. The summed E-state index contributed by atoms with van der Waals surface area (Å²) >= 11 is 1.59. The average molecular weight is 340 g/mol. The number of carbonyl (C=O) groups is 1. The number of carbonyl (C=O) groups excluding carboxylic acids is 1. The normalized spacial score (nSPS) is 10.8. The second-order valence-electron chi connectivity index (χ2n) is 5.72. The van der Waals surface area contributed by atoms with Crippen LogP contribution < -0.4 is 5.73 Å². The van der Waals surface area contributed by atoms with Crippen LogP contribution in [0.25, 0.3) is 10.4 Å². The first-order valence-electron chi connectivity index (χ1n) is 7.55. The van der Waals surface area contributed by atoms with Gasteiger partial charge in [0.05, 0.1) is 15.6 Å². The molecule has 1 heterocycles. The number of benzene rings is 2. The molecule has 0 saturated carbocycles. The van der Waals surface area contributed by atoms with Crippen molar-refractivity contribution in [3.05, 3.63) is 75.7 Å². The van der Waals surface area contributed by atoms with Crippen molar-refractivity contribution in [2.24, 2.45) is 5.73 Å². The zero-order valence-corrected chi connectivity index (χ0v) is 14.3. The maximum Gasteiger partial charge on any atom is 0.248 e. The SMILES string of the molecule is Cc1cc(-c2sc(Cc3cccc(F)c3)nc2C)ccc1C(N)=O. The summed E-state index contributed by atoms with van der Waals surface area (Å²) in [6, 6.07) is 12.2. The molecule has 122 valence electrons. The molecule has 0 atom stereocenters. The van der Waals surface area contributed by atoms with Gasteiger partial charge in [0.2, 0.25) is 5.91 Å². The highest BCUT2D eigenvalue weighted by molar-refractivity contribution is 7.15. The first-order chi connectivity index (χ1) is 11.4. The molecule has 0 unspecified atom stereocenters. The summed E-state index contributed by atoms with van der Waals surface area (Å²) in [6.45, 7) is 3.83. The molecule has 0 saturated heterocycles. The van der Waals surface area contributed by atoms with Crippen LogP contribution in [0, 0.1) is 19.7 Å². The fraction of sp³-hybridized carbons (Fsp3) is 0.158. The lowest BCUT2D eigenvalue weighted by Gasteiger charge is -2.05. The molecule has 3 nitrogen and oxygen atoms in total. The van der Waals surface area contributed by atoms with Crippen molar-refractivity contribution in [3.63, 3.8) is 0 Å². The number of hydrogen-bond acceptors (Lipinski definition) is 3. The topological polar surface area (TPSA) is 56.0 Å². The van der Waals surface area contributed by atoms with Crippen LogP contribution in [0.4, 0.5) is 4.39 Å². The number of halogens is 1. The van der Waals surface area contributed by atoms with Gasteiger partial charge in [-0.2, -0.15) is 0 Å². The second-order valence-corrected chi connectivity index (χ2v) is 6.81. The Morgan fingerprint density at radius 3 is 2.67 bits per heavy atom. The molecule has 0 radical (unpaired) electrons. The minimum atomic E-state index is -0.424. The molecule has 3 aromatic rings. The molecule has 0 spiro atoms. The van der Waals surface area contributed by atoms with Gasteiger partial charge in [0.15, 0.2) is 0 Å². The number of aromatic nitrogens is 1. The van der Waals surface area contributed by atoms with Gasteiger partial charge in [-0.25, -0.2) is 9.37 Å².